The lowest BCUT2D eigenvalue weighted by molar-refractivity contribution is 0.00578. The Bertz CT molecular complexity index is 985. The normalized spacial score (nSPS) is 17.8. The molecule has 0 aliphatic carbocycles. The number of fused-ring (bicyclic) bond motifs is 1. The lowest BCUT2D eigenvalue weighted by atomic mass is 9.78. The van der Waals surface area contributed by atoms with Crippen LogP contribution in [0.15, 0.2) is 54.6 Å². The largest absolute Gasteiger partial charge is 0.494 e. The van der Waals surface area contributed by atoms with Gasteiger partial charge in [-0.15, -0.1) is 0 Å². The zero-order valence-electron chi connectivity index (χ0n) is 17.2. The van der Waals surface area contributed by atoms with Crippen LogP contribution in [0.25, 0.3) is 22.2 Å². The standard InChI is InChI=1S/C23H26BNO3/c1-6-26-21-15-19(16-10-8-7-9-11-16)25-20-14-17(12-13-18(20)21)24-27-22(2,3)23(4,5)28-24/h7-15H,6H2,1-5H3. The molecule has 2 heterocycles. The molecular formula is C23H26BNO3. The first-order valence-electron chi connectivity index (χ1n) is 9.79. The second-order valence-electron chi connectivity index (χ2n) is 8.17. The van der Waals surface area contributed by atoms with Gasteiger partial charge in [0.05, 0.1) is 29.0 Å². The smallest absolute Gasteiger partial charge is 0.493 e. The van der Waals surface area contributed by atoms with Gasteiger partial charge in [-0.1, -0.05) is 36.4 Å². The van der Waals surface area contributed by atoms with E-state index in [1.54, 1.807) is 0 Å². The van der Waals surface area contributed by atoms with Crippen LogP contribution in [0.4, 0.5) is 0 Å². The lowest BCUT2D eigenvalue weighted by Crippen LogP contribution is -2.41. The van der Waals surface area contributed by atoms with Crippen LogP contribution in [0.3, 0.4) is 0 Å². The van der Waals surface area contributed by atoms with E-state index in [0.717, 1.165) is 33.4 Å². The van der Waals surface area contributed by atoms with Crippen molar-refractivity contribution in [2.24, 2.45) is 0 Å². The van der Waals surface area contributed by atoms with E-state index in [1.165, 1.54) is 0 Å². The molecule has 2 aromatic carbocycles. The zero-order chi connectivity index (χ0) is 19.9. The molecule has 0 spiro atoms. The van der Waals surface area contributed by atoms with Gasteiger partial charge in [0.1, 0.15) is 5.75 Å². The molecule has 1 fully saturated rings. The van der Waals surface area contributed by atoms with Gasteiger partial charge in [-0.3, -0.25) is 0 Å². The summed E-state index contributed by atoms with van der Waals surface area (Å²) in [5.74, 6) is 0.840. The SMILES string of the molecule is CCOc1cc(-c2ccccc2)nc2cc(B3OC(C)(C)C(C)(C)O3)ccc12. The van der Waals surface area contributed by atoms with E-state index in [0.29, 0.717) is 6.61 Å². The highest BCUT2D eigenvalue weighted by molar-refractivity contribution is 6.62. The number of pyridine rings is 1. The molecule has 0 saturated carbocycles. The fourth-order valence-corrected chi connectivity index (χ4v) is 3.37. The van der Waals surface area contributed by atoms with Crippen molar-refractivity contribution in [3.05, 3.63) is 54.6 Å². The molecule has 1 aromatic heterocycles. The van der Waals surface area contributed by atoms with E-state index in [-0.39, 0.29) is 11.2 Å². The second-order valence-corrected chi connectivity index (χ2v) is 8.17. The molecular weight excluding hydrogens is 349 g/mol. The summed E-state index contributed by atoms with van der Waals surface area (Å²) in [6.07, 6.45) is 0. The van der Waals surface area contributed by atoms with Gasteiger partial charge in [-0.2, -0.15) is 0 Å². The van der Waals surface area contributed by atoms with Gasteiger partial charge in [0, 0.05) is 17.0 Å². The van der Waals surface area contributed by atoms with Gasteiger partial charge in [0.15, 0.2) is 0 Å². The number of rotatable bonds is 4. The van der Waals surface area contributed by atoms with Crippen LogP contribution in [0, 0.1) is 0 Å². The molecule has 0 N–H and O–H groups in total. The van der Waals surface area contributed by atoms with Crippen LogP contribution in [-0.4, -0.2) is 29.9 Å². The minimum absolute atomic E-state index is 0.373. The van der Waals surface area contributed by atoms with E-state index < -0.39 is 7.12 Å². The number of aromatic nitrogens is 1. The van der Waals surface area contributed by atoms with E-state index in [1.807, 2.05) is 49.4 Å². The average molecular weight is 375 g/mol. The summed E-state index contributed by atoms with van der Waals surface area (Å²) < 4.78 is 18.3. The Morgan fingerprint density at radius 3 is 2.25 bits per heavy atom. The molecule has 5 heteroatoms. The average Bonchev–Trinajstić information content (AvgIpc) is 2.89. The summed E-state index contributed by atoms with van der Waals surface area (Å²) in [6.45, 7) is 10.8. The molecule has 1 aliphatic heterocycles. The maximum atomic E-state index is 6.21. The Labute approximate surface area is 167 Å². The molecule has 0 atom stereocenters. The minimum Gasteiger partial charge on any atom is -0.493 e. The third kappa shape index (κ3) is 3.29. The Kier molecular flexibility index (Phi) is 4.68. The van der Waals surface area contributed by atoms with E-state index >= 15 is 0 Å². The van der Waals surface area contributed by atoms with Crippen molar-refractivity contribution >= 4 is 23.5 Å². The summed E-state index contributed by atoms with van der Waals surface area (Å²) in [5, 5.41) is 0.988. The molecule has 1 aliphatic rings. The van der Waals surface area contributed by atoms with E-state index in [2.05, 4.69) is 39.8 Å². The van der Waals surface area contributed by atoms with Gasteiger partial charge in [-0.05, 0) is 52.2 Å². The predicted octanol–water partition coefficient (Wildman–Crippen LogP) is 4.60. The van der Waals surface area contributed by atoms with Gasteiger partial charge >= 0.3 is 7.12 Å². The quantitative estimate of drug-likeness (QED) is 0.625. The van der Waals surface area contributed by atoms with Crippen molar-refractivity contribution in [1.82, 2.24) is 4.98 Å². The summed E-state index contributed by atoms with van der Waals surface area (Å²) in [7, 11) is -0.410. The van der Waals surface area contributed by atoms with Gasteiger partial charge < -0.3 is 14.0 Å². The van der Waals surface area contributed by atoms with Crippen LogP contribution in [0.5, 0.6) is 5.75 Å². The number of hydrogen-bond donors (Lipinski definition) is 0. The second kappa shape index (κ2) is 6.91. The van der Waals surface area contributed by atoms with Crippen molar-refractivity contribution < 1.29 is 14.0 Å². The van der Waals surface area contributed by atoms with E-state index in [9.17, 15) is 0 Å². The maximum absolute atomic E-state index is 6.21. The fraction of sp³-hybridized carbons (Fsp3) is 0.348. The van der Waals surface area contributed by atoms with Gasteiger partial charge in [0.2, 0.25) is 0 Å². The van der Waals surface area contributed by atoms with Crippen LogP contribution in [0.1, 0.15) is 34.6 Å². The minimum atomic E-state index is -0.410. The fourth-order valence-electron chi connectivity index (χ4n) is 3.37. The molecule has 1 saturated heterocycles. The zero-order valence-corrected chi connectivity index (χ0v) is 17.2. The highest BCUT2D eigenvalue weighted by Crippen LogP contribution is 2.37. The maximum Gasteiger partial charge on any atom is 0.494 e. The molecule has 28 heavy (non-hydrogen) atoms. The van der Waals surface area contributed by atoms with Crippen molar-refractivity contribution in [3.8, 4) is 17.0 Å². The molecule has 3 aromatic rings. The van der Waals surface area contributed by atoms with Crippen LogP contribution < -0.4 is 10.2 Å². The molecule has 0 radical (unpaired) electrons. The molecule has 0 amide bonds. The summed E-state index contributed by atoms with van der Waals surface area (Å²) >= 11 is 0. The monoisotopic (exact) mass is 375 g/mol. The first-order chi connectivity index (χ1) is 13.3. The molecule has 0 unspecified atom stereocenters. The van der Waals surface area contributed by atoms with Crippen LogP contribution in [-0.2, 0) is 9.31 Å². The Balaban J connectivity index is 1.80. The Morgan fingerprint density at radius 1 is 0.929 bits per heavy atom. The lowest BCUT2D eigenvalue weighted by Gasteiger charge is -2.32. The molecule has 144 valence electrons. The van der Waals surface area contributed by atoms with E-state index in [4.69, 9.17) is 19.0 Å². The highest BCUT2D eigenvalue weighted by atomic mass is 16.7. The predicted molar refractivity (Wildman–Crippen MR) is 114 cm³/mol. The highest BCUT2D eigenvalue weighted by Gasteiger charge is 2.51. The number of ether oxygens (including phenoxy) is 1. The molecule has 4 rings (SSSR count). The van der Waals surface area contributed by atoms with Gasteiger partial charge in [0.25, 0.3) is 0 Å². The van der Waals surface area contributed by atoms with Gasteiger partial charge in [-0.25, -0.2) is 4.98 Å². The molecule has 0 bridgehead atoms. The molecule has 4 nitrogen and oxygen atoms in total. The number of nitrogens with zero attached hydrogens (tertiary/aromatic N) is 1. The summed E-state index contributed by atoms with van der Waals surface area (Å²) in [6, 6.07) is 18.3. The van der Waals surface area contributed by atoms with Crippen LogP contribution >= 0.6 is 0 Å². The summed E-state index contributed by atoms with van der Waals surface area (Å²) in [5.41, 5.74) is 3.04. The van der Waals surface area contributed by atoms with Crippen molar-refractivity contribution in [3.63, 3.8) is 0 Å². The number of hydrogen-bond acceptors (Lipinski definition) is 4. The Hall–Kier alpha value is -2.37. The van der Waals surface area contributed by atoms with Crippen molar-refractivity contribution in [2.75, 3.05) is 6.61 Å². The first kappa shape index (κ1) is 19.0. The number of benzene rings is 2. The third-order valence-corrected chi connectivity index (χ3v) is 5.69. The Morgan fingerprint density at radius 2 is 1.61 bits per heavy atom. The first-order valence-corrected chi connectivity index (χ1v) is 9.79. The van der Waals surface area contributed by atoms with Crippen molar-refractivity contribution in [1.29, 1.82) is 0 Å². The van der Waals surface area contributed by atoms with Crippen molar-refractivity contribution in [2.45, 2.75) is 45.8 Å². The topological polar surface area (TPSA) is 40.6 Å². The summed E-state index contributed by atoms with van der Waals surface area (Å²) in [4.78, 5) is 4.90. The van der Waals surface area contributed by atoms with Crippen LogP contribution in [0.2, 0.25) is 0 Å². The third-order valence-electron chi connectivity index (χ3n) is 5.69.